The Bertz CT molecular complexity index is 1260. The smallest absolute Gasteiger partial charge is 0.228 e. The lowest BCUT2D eigenvalue weighted by molar-refractivity contribution is -0.117. The Kier molecular flexibility index (Phi) is 5.25. The van der Waals surface area contributed by atoms with E-state index in [0.717, 1.165) is 34.7 Å². The Morgan fingerprint density at radius 1 is 1.16 bits per heavy atom. The number of aromatic nitrogens is 2. The third-order valence-electron chi connectivity index (χ3n) is 5.42. The lowest BCUT2D eigenvalue weighted by atomic mass is 10.1. The number of aliphatic hydroxyl groups is 1. The van der Waals surface area contributed by atoms with Crippen molar-refractivity contribution in [3.63, 3.8) is 0 Å². The highest BCUT2D eigenvalue weighted by Crippen LogP contribution is 2.33. The summed E-state index contributed by atoms with van der Waals surface area (Å²) < 4.78 is 11.3. The van der Waals surface area contributed by atoms with Gasteiger partial charge >= 0.3 is 0 Å². The Hall–Kier alpha value is -3.83. The maximum atomic E-state index is 12.1. The molecule has 1 aromatic carbocycles. The molecule has 2 aromatic heterocycles. The summed E-state index contributed by atoms with van der Waals surface area (Å²) >= 11 is 0. The van der Waals surface area contributed by atoms with Crippen LogP contribution in [0.5, 0.6) is 11.5 Å². The number of anilines is 2. The van der Waals surface area contributed by atoms with E-state index in [-0.39, 0.29) is 24.5 Å². The van der Waals surface area contributed by atoms with Crippen molar-refractivity contribution in [3.8, 4) is 23.3 Å². The lowest BCUT2D eigenvalue weighted by Crippen LogP contribution is -2.32. The molecule has 0 radical (unpaired) electrons. The number of nitrogens with zero attached hydrogens (tertiary/aromatic N) is 2. The maximum absolute atomic E-state index is 12.1. The van der Waals surface area contributed by atoms with Gasteiger partial charge < -0.3 is 25.2 Å². The molecule has 8 nitrogen and oxygen atoms in total. The number of fused-ring (bicyclic) bond motifs is 2. The number of ether oxygens (including phenoxy) is 2. The Morgan fingerprint density at radius 3 is 2.81 bits per heavy atom. The SMILES string of the molecule is CNc1ncc(C#Cc2ccc3c(c2)OCC(CO)O3)c2cc(NC(=O)C3CC3)ncc12. The van der Waals surface area contributed by atoms with E-state index < -0.39 is 0 Å². The van der Waals surface area contributed by atoms with Gasteiger partial charge in [-0.2, -0.15) is 0 Å². The fourth-order valence-corrected chi connectivity index (χ4v) is 3.50. The highest BCUT2D eigenvalue weighted by Gasteiger charge is 2.29. The van der Waals surface area contributed by atoms with E-state index in [0.29, 0.717) is 29.7 Å². The highest BCUT2D eigenvalue weighted by atomic mass is 16.6. The van der Waals surface area contributed by atoms with E-state index >= 15 is 0 Å². The van der Waals surface area contributed by atoms with Crippen LogP contribution in [0.4, 0.5) is 11.6 Å². The Balaban J connectivity index is 1.47. The Morgan fingerprint density at radius 2 is 2.03 bits per heavy atom. The van der Waals surface area contributed by atoms with Gasteiger partial charge in [0.25, 0.3) is 0 Å². The zero-order valence-electron chi connectivity index (χ0n) is 17.5. The molecule has 8 heteroatoms. The summed E-state index contributed by atoms with van der Waals surface area (Å²) in [5, 5.41) is 16.9. The number of carbonyl (C=O) groups is 1. The quantitative estimate of drug-likeness (QED) is 0.546. The largest absolute Gasteiger partial charge is 0.486 e. The number of amides is 1. The maximum Gasteiger partial charge on any atom is 0.228 e. The molecule has 3 N–H and O–H groups in total. The highest BCUT2D eigenvalue weighted by molar-refractivity contribution is 5.99. The number of carbonyl (C=O) groups excluding carboxylic acids is 1. The van der Waals surface area contributed by atoms with E-state index in [9.17, 15) is 9.90 Å². The first-order chi connectivity index (χ1) is 15.6. The second kappa shape index (κ2) is 8.36. The number of hydrogen-bond acceptors (Lipinski definition) is 7. The van der Waals surface area contributed by atoms with E-state index in [1.807, 2.05) is 18.2 Å². The van der Waals surface area contributed by atoms with Crippen LogP contribution in [0, 0.1) is 17.8 Å². The zero-order valence-corrected chi connectivity index (χ0v) is 17.5. The minimum Gasteiger partial charge on any atom is -0.486 e. The number of pyridine rings is 2. The zero-order chi connectivity index (χ0) is 22.1. The number of rotatable bonds is 4. The van der Waals surface area contributed by atoms with E-state index in [4.69, 9.17) is 9.47 Å². The van der Waals surface area contributed by atoms with Crippen molar-refractivity contribution in [1.29, 1.82) is 0 Å². The predicted molar refractivity (Wildman–Crippen MR) is 120 cm³/mol. The molecule has 2 aliphatic rings. The standard InChI is InChI=1S/C24H22N4O4/c1-25-23-19-11-26-22(28-24(30)15-5-6-15)9-18(19)16(10-27-23)4-2-14-3-7-20-21(8-14)31-13-17(12-29)32-20/h3,7-11,15,17,29H,5-6,12-13H2,1H3,(H,25,27)(H,26,28,30). The number of nitrogens with one attached hydrogen (secondary N) is 2. The first kappa shape index (κ1) is 20.1. The molecule has 5 rings (SSSR count). The van der Waals surface area contributed by atoms with Crippen LogP contribution in [0.25, 0.3) is 10.8 Å². The van der Waals surface area contributed by atoms with Crippen molar-refractivity contribution in [2.45, 2.75) is 18.9 Å². The fraction of sp³-hybridized carbons (Fsp3) is 0.292. The van der Waals surface area contributed by atoms with Crippen molar-refractivity contribution in [1.82, 2.24) is 9.97 Å². The summed E-state index contributed by atoms with van der Waals surface area (Å²) in [5.74, 6) is 8.82. The molecule has 1 aliphatic heterocycles. The Labute approximate surface area is 185 Å². The average molecular weight is 430 g/mol. The molecule has 162 valence electrons. The van der Waals surface area contributed by atoms with Gasteiger partial charge in [0, 0.05) is 41.7 Å². The third kappa shape index (κ3) is 4.03. The van der Waals surface area contributed by atoms with Crippen molar-refractivity contribution in [2.75, 3.05) is 30.9 Å². The van der Waals surface area contributed by atoms with Crippen molar-refractivity contribution >= 4 is 28.3 Å². The normalized spacial score (nSPS) is 16.8. The van der Waals surface area contributed by atoms with Gasteiger partial charge in [-0.15, -0.1) is 0 Å². The molecule has 1 saturated carbocycles. The van der Waals surface area contributed by atoms with E-state index in [1.54, 1.807) is 25.5 Å². The van der Waals surface area contributed by atoms with Gasteiger partial charge in [0.15, 0.2) is 17.6 Å². The van der Waals surface area contributed by atoms with Crippen LogP contribution in [-0.4, -0.2) is 47.3 Å². The molecular formula is C24H22N4O4. The van der Waals surface area contributed by atoms with Crippen molar-refractivity contribution in [2.24, 2.45) is 5.92 Å². The molecule has 3 aromatic rings. The lowest BCUT2D eigenvalue weighted by Gasteiger charge is -2.25. The van der Waals surface area contributed by atoms with Gasteiger partial charge in [0.05, 0.1) is 12.2 Å². The van der Waals surface area contributed by atoms with Crippen LogP contribution >= 0.6 is 0 Å². The molecule has 1 amide bonds. The summed E-state index contributed by atoms with van der Waals surface area (Å²) in [6.07, 6.45) is 4.91. The molecule has 3 heterocycles. The monoisotopic (exact) mass is 430 g/mol. The first-order valence-electron chi connectivity index (χ1n) is 10.5. The summed E-state index contributed by atoms with van der Waals surface area (Å²) in [6, 6.07) is 7.28. The summed E-state index contributed by atoms with van der Waals surface area (Å²) in [5.41, 5.74) is 1.48. The molecule has 0 saturated heterocycles. The second-order valence-electron chi connectivity index (χ2n) is 7.79. The van der Waals surface area contributed by atoms with Crippen molar-refractivity contribution in [3.05, 3.63) is 47.8 Å². The van der Waals surface area contributed by atoms with Gasteiger partial charge in [-0.05, 0) is 37.1 Å². The number of aliphatic hydroxyl groups excluding tert-OH is 1. The van der Waals surface area contributed by atoms with Crippen LogP contribution in [-0.2, 0) is 4.79 Å². The van der Waals surface area contributed by atoms with Crippen LogP contribution in [0.1, 0.15) is 24.0 Å². The summed E-state index contributed by atoms with van der Waals surface area (Å²) in [4.78, 5) is 21.0. The van der Waals surface area contributed by atoms with Crippen LogP contribution in [0.2, 0.25) is 0 Å². The minimum absolute atomic E-state index is 0.00657. The molecule has 1 unspecified atom stereocenters. The molecule has 1 atom stereocenters. The molecule has 32 heavy (non-hydrogen) atoms. The van der Waals surface area contributed by atoms with Crippen LogP contribution in [0.3, 0.4) is 0 Å². The predicted octanol–water partition coefficient (Wildman–Crippen LogP) is 2.55. The molecule has 1 aliphatic carbocycles. The minimum atomic E-state index is -0.356. The summed E-state index contributed by atoms with van der Waals surface area (Å²) in [7, 11) is 1.80. The third-order valence-corrected chi connectivity index (χ3v) is 5.42. The fourth-order valence-electron chi connectivity index (χ4n) is 3.50. The number of hydrogen-bond donors (Lipinski definition) is 3. The molecule has 0 bridgehead atoms. The second-order valence-corrected chi connectivity index (χ2v) is 7.79. The van der Waals surface area contributed by atoms with Gasteiger partial charge in [-0.3, -0.25) is 4.79 Å². The topological polar surface area (TPSA) is 106 Å². The summed E-state index contributed by atoms with van der Waals surface area (Å²) in [6.45, 7) is 0.199. The van der Waals surface area contributed by atoms with Gasteiger partial charge in [-0.25, -0.2) is 9.97 Å². The van der Waals surface area contributed by atoms with E-state index in [2.05, 4.69) is 32.4 Å². The molecule has 0 spiro atoms. The van der Waals surface area contributed by atoms with Gasteiger partial charge in [0.2, 0.25) is 5.91 Å². The average Bonchev–Trinajstić information content (AvgIpc) is 3.67. The molecular weight excluding hydrogens is 408 g/mol. The van der Waals surface area contributed by atoms with Gasteiger partial charge in [0.1, 0.15) is 18.2 Å². The van der Waals surface area contributed by atoms with E-state index in [1.165, 1.54) is 0 Å². The van der Waals surface area contributed by atoms with Gasteiger partial charge in [-0.1, -0.05) is 11.8 Å². The first-order valence-corrected chi connectivity index (χ1v) is 10.5. The van der Waals surface area contributed by atoms with Crippen molar-refractivity contribution < 1.29 is 19.4 Å². The number of benzene rings is 1. The van der Waals surface area contributed by atoms with Crippen LogP contribution < -0.4 is 20.1 Å². The molecule has 1 fully saturated rings. The van der Waals surface area contributed by atoms with Crippen LogP contribution in [0.15, 0.2) is 36.7 Å².